The fraction of sp³-hybridized carbons (Fsp3) is 0.333. The number of nitrogens with one attached hydrogen (secondary N) is 1. The van der Waals surface area contributed by atoms with Gasteiger partial charge in [-0.3, -0.25) is 9.59 Å². The van der Waals surface area contributed by atoms with Gasteiger partial charge in [-0.1, -0.05) is 12.1 Å². The number of carboxylic acids is 1. The minimum atomic E-state index is -4.17. The third-order valence-corrected chi connectivity index (χ3v) is 3.68. The molecule has 1 aromatic carbocycles. The van der Waals surface area contributed by atoms with Gasteiger partial charge >= 0.3 is 5.97 Å². The Morgan fingerprint density at radius 1 is 1.29 bits per heavy atom. The van der Waals surface area contributed by atoms with Crippen molar-refractivity contribution in [3.63, 3.8) is 0 Å². The summed E-state index contributed by atoms with van der Waals surface area (Å²) in [5.41, 5.74) is 0.982. The van der Waals surface area contributed by atoms with Crippen molar-refractivity contribution in [2.24, 2.45) is 5.14 Å². The zero-order valence-electron chi connectivity index (χ0n) is 11.4. The summed E-state index contributed by atoms with van der Waals surface area (Å²) in [5, 5.41) is 16.2. The van der Waals surface area contributed by atoms with Crippen LogP contribution in [0.4, 0.5) is 5.69 Å². The lowest BCUT2D eigenvalue weighted by molar-refractivity contribution is -0.135. The Kier molecular flexibility index (Phi) is 5.68. The van der Waals surface area contributed by atoms with E-state index in [1.807, 2.05) is 0 Å². The lowest BCUT2D eigenvalue weighted by atomic mass is 10.1. The molecule has 1 rings (SSSR count). The zero-order chi connectivity index (χ0) is 16.0. The number of aliphatic carboxylic acids is 1. The van der Waals surface area contributed by atoms with E-state index in [1.165, 1.54) is 12.1 Å². The van der Waals surface area contributed by atoms with Gasteiger partial charge in [0.1, 0.15) is 6.54 Å². The average molecular weight is 315 g/mol. The number of amides is 1. The monoisotopic (exact) mass is 315 g/mol. The van der Waals surface area contributed by atoms with Crippen LogP contribution in [-0.4, -0.2) is 39.0 Å². The molecular weight excluding hydrogens is 298 g/mol. The Hall–Kier alpha value is -2.13. The number of rotatable bonds is 7. The van der Waals surface area contributed by atoms with Crippen LogP contribution in [0, 0.1) is 0 Å². The number of aryl methyl sites for hydroxylation is 1. The molecule has 0 saturated carbocycles. The SMILES string of the molecule is CNC(=O)CCc1ccc(N(CC(=O)O)S(N)(=O)=O)cc1. The second-order valence-corrected chi connectivity index (χ2v) is 5.76. The molecule has 0 atom stereocenters. The van der Waals surface area contributed by atoms with E-state index in [2.05, 4.69) is 5.32 Å². The van der Waals surface area contributed by atoms with Crippen LogP contribution < -0.4 is 14.8 Å². The topological polar surface area (TPSA) is 130 Å². The molecule has 0 aromatic heterocycles. The van der Waals surface area contributed by atoms with Gasteiger partial charge in [0, 0.05) is 13.5 Å². The summed E-state index contributed by atoms with van der Waals surface area (Å²) < 4.78 is 23.4. The van der Waals surface area contributed by atoms with E-state index in [9.17, 15) is 18.0 Å². The van der Waals surface area contributed by atoms with Crippen molar-refractivity contribution in [2.75, 3.05) is 17.9 Å². The van der Waals surface area contributed by atoms with Crippen LogP contribution in [0.25, 0.3) is 0 Å². The molecule has 0 unspecified atom stereocenters. The first kappa shape index (κ1) is 16.9. The van der Waals surface area contributed by atoms with Gasteiger partial charge in [0.25, 0.3) is 10.2 Å². The smallest absolute Gasteiger partial charge is 0.324 e. The molecule has 1 aromatic rings. The number of nitrogens with two attached hydrogens (primary N) is 1. The second-order valence-electron chi connectivity index (χ2n) is 4.28. The molecule has 9 heteroatoms. The molecule has 0 spiro atoms. The standard InChI is InChI=1S/C12H17N3O5S/c1-14-11(16)7-4-9-2-5-10(6-3-9)15(8-12(17)18)21(13,19)20/h2-3,5-6H,4,7-8H2,1H3,(H,14,16)(H,17,18)(H2,13,19,20). The molecule has 4 N–H and O–H groups in total. The highest BCUT2D eigenvalue weighted by atomic mass is 32.2. The lowest BCUT2D eigenvalue weighted by Gasteiger charge is -2.19. The first-order chi connectivity index (χ1) is 9.74. The Bertz CT molecular complexity index is 612. The summed E-state index contributed by atoms with van der Waals surface area (Å²) in [5.74, 6) is -1.41. The molecule has 0 heterocycles. The molecule has 116 valence electrons. The highest BCUT2D eigenvalue weighted by Gasteiger charge is 2.20. The average Bonchev–Trinajstić information content (AvgIpc) is 2.41. The van der Waals surface area contributed by atoms with E-state index in [0.29, 0.717) is 17.1 Å². The molecular formula is C12H17N3O5S. The fourth-order valence-electron chi connectivity index (χ4n) is 1.66. The van der Waals surface area contributed by atoms with Gasteiger partial charge in [-0.25, -0.2) is 9.44 Å². The molecule has 1 amide bonds. The molecule has 0 aliphatic rings. The molecule has 0 aliphatic carbocycles. The molecule has 0 fully saturated rings. The molecule has 0 saturated heterocycles. The van der Waals surface area contributed by atoms with Crippen molar-refractivity contribution in [3.05, 3.63) is 29.8 Å². The van der Waals surface area contributed by atoms with E-state index >= 15 is 0 Å². The molecule has 0 radical (unpaired) electrons. The number of carbonyl (C=O) groups is 2. The summed E-state index contributed by atoms with van der Waals surface area (Å²) >= 11 is 0. The van der Waals surface area contributed by atoms with Crippen molar-refractivity contribution >= 4 is 27.8 Å². The van der Waals surface area contributed by atoms with Gasteiger partial charge in [0.15, 0.2) is 0 Å². The third kappa shape index (κ3) is 5.40. The largest absolute Gasteiger partial charge is 0.480 e. The van der Waals surface area contributed by atoms with Crippen LogP contribution in [0.5, 0.6) is 0 Å². The highest BCUT2D eigenvalue weighted by Crippen LogP contribution is 2.18. The van der Waals surface area contributed by atoms with Gasteiger partial charge in [0.05, 0.1) is 5.69 Å². The van der Waals surface area contributed by atoms with Crippen LogP contribution in [0.1, 0.15) is 12.0 Å². The fourth-order valence-corrected chi connectivity index (χ4v) is 2.37. The van der Waals surface area contributed by atoms with E-state index in [1.54, 1.807) is 19.2 Å². The maximum Gasteiger partial charge on any atom is 0.324 e. The van der Waals surface area contributed by atoms with E-state index in [4.69, 9.17) is 10.2 Å². The number of carboxylic acid groups (broad SMARTS) is 1. The maximum absolute atomic E-state index is 11.4. The normalized spacial score (nSPS) is 11.0. The van der Waals surface area contributed by atoms with Gasteiger partial charge in [-0.2, -0.15) is 8.42 Å². The highest BCUT2D eigenvalue weighted by molar-refractivity contribution is 7.90. The van der Waals surface area contributed by atoms with E-state index < -0.39 is 22.7 Å². The van der Waals surface area contributed by atoms with Crippen molar-refractivity contribution < 1.29 is 23.1 Å². The summed E-state index contributed by atoms with van der Waals surface area (Å²) in [6.07, 6.45) is 0.804. The minimum absolute atomic E-state index is 0.101. The summed E-state index contributed by atoms with van der Waals surface area (Å²) in [4.78, 5) is 21.8. The molecule has 8 nitrogen and oxygen atoms in total. The lowest BCUT2D eigenvalue weighted by Crippen LogP contribution is -2.40. The first-order valence-electron chi connectivity index (χ1n) is 6.06. The van der Waals surface area contributed by atoms with Crippen LogP contribution >= 0.6 is 0 Å². The number of anilines is 1. The van der Waals surface area contributed by atoms with E-state index in [-0.39, 0.29) is 11.6 Å². The van der Waals surface area contributed by atoms with Crippen LogP contribution in [0.15, 0.2) is 24.3 Å². The number of hydrogen-bond donors (Lipinski definition) is 3. The van der Waals surface area contributed by atoms with Crippen molar-refractivity contribution in [1.29, 1.82) is 0 Å². The Morgan fingerprint density at radius 3 is 2.29 bits per heavy atom. The number of benzene rings is 1. The van der Waals surface area contributed by atoms with Gasteiger partial charge in [0.2, 0.25) is 5.91 Å². The first-order valence-corrected chi connectivity index (χ1v) is 7.56. The van der Waals surface area contributed by atoms with Crippen molar-refractivity contribution in [1.82, 2.24) is 5.32 Å². The molecule has 21 heavy (non-hydrogen) atoms. The zero-order valence-corrected chi connectivity index (χ0v) is 12.3. The maximum atomic E-state index is 11.4. The predicted octanol–water partition coefficient (Wildman–Crippen LogP) is -0.540. The van der Waals surface area contributed by atoms with Gasteiger partial charge in [-0.15, -0.1) is 0 Å². The van der Waals surface area contributed by atoms with Crippen LogP contribution in [0.2, 0.25) is 0 Å². The second kappa shape index (κ2) is 7.04. The quantitative estimate of drug-likeness (QED) is 0.622. The molecule has 0 aliphatic heterocycles. The molecule has 0 bridgehead atoms. The third-order valence-electron chi connectivity index (χ3n) is 2.73. The Balaban J connectivity index is 2.88. The van der Waals surface area contributed by atoms with Crippen LogP contribution in [-0.2, 0) is 26.2 Å². The Labute approximate surface area is 122 Å². The summed E-state index contributed by atoms with van der Waals surface area (Å²) in [6, 6.07) is 6.15. The Morgan fingerprint density at radius 2 is 1.86 bits per heavy atom. The predicted molar refractivity (Wildman–Crippen MR) is 76.9 cm³/mol. The van der Waals surface area contributed by atoms with Gasteiger partial charge in [-0.05, 0) is 24.1 Å². The number of hydrogen-bond acceptors (Lipinski definition) is 4. The summed E-state index contributed by atoms with van der Waals surface area (Å²) in [6.45, 7) is -0.754. The van der Waals surface area contributed by atoms with E-state index in [0.717, 1.165) is 5.56 Å². The number of nitrogens with zero attached hydrogens (tertiary/aromatic N) is 1. The minimum Gasteiger partial charge on any atom is -0.480 e. The number of carbonyl (C=O) groups excluding carboxylic acids is 1. The summed E-state index contributed by atoms with van der Waals surface area (Å²) in [7, 11) is -2.62. The van der Waals surface area contributed by atoms with Crippen molar-refractivity contribution in [2.45, 2.75) is 12.8 Å². The van der Waals surface area contributed by atoms with Gasteiger partial charge < -0.3 is 10.4 Å². The van der Waals surface area contributed by atoms with Crippen LogP contribution in [0.3, 0.4) is 0 Å². The van der Waals surface area contributed by atoms with Crippen molar-refractivity contribution in [3.8, 4) is 0 Å².